The van der Waals surface area contributed by atoms with Crippen molar-refractivity contribution < 1.29 is 107 Å². The monoisotopic (exact) mass is 699 g/mol. The summed E-state index contributed by atoms with van der Waals surface area (Å²) in [6.07, 6.45) is 0. The Morgan fingerprint density at radius 1 is 0.571 bits per heavy atom. The molecule has 0 aliphatic carbocycles. The van der Waals surface area contributed by atoms with Crippen molar-refractivity contribution >= 4 is 17.9 Å². The van der Waals surface area contributed by atoms with Crippen LogP contribution in [0.3, 0.4) is 0 Å². The number of carboxylic acids is 3. The molecule has 1 saturated heterocycles. The van der Waals surface area contributed by atoms with Crippen LogP contribution in [0.4, 0.5) is 0 Å². The van der Waals surface area contributed by atoms with Crippen LogP contribution in [0.25, 0.3) is 0 Å². The van der Waals surface area contributed by atoms with Gasteiger partial charge in [0.05, 0.1) is 19.6 Å². The fourth-order valence-electron chi connectivity index (χ4n) is 3.63. The quantitative estimate of drug-likeness (QED) is 0.241. The summed E-state index contributed by atoms with van der Waals surface area (Å²) in [5.74, 6) is -2.80. The first-order chi connectivity index (χ1) is 14.8. The molecule has 0 atom stereocenters. The number of hydrogen-bond donors (Lipinski definition) is 3. The Labute approximate surface area is 256 Å². The molecule has 0 amide bonds. The van der Waals surface area contributed by atoms with E-state index >= 15 is 0 Å². The molecular formula is C21H32Cl3GdN4O6-3. The summed E-state index contributed by atoms with van der Waals surface area (Å²) in [7, 11) is 0. The molecule has 3 N–H and O–H groups in total. The van der Waals surface area contributed by atoms with Crippen LogP contribution in [0.5, 0.6) is 0 Å². The first-order valence-corrected chi connectivity index (χ1v) is 10.4. The standard InChI is InChI=1S/C21H32N4O6.3ClH.Gd/c26-19(27)15-23-8-6-22(14-18-4-2-1-3-5-18)7-9-24(16-20(28)29)11-13-25(12-10-23)17-21(30)31;;;;/h1-5H,6-17H2,(H,26,27)(H,28,29)(H,30,31);3*1H;/p-3. The number of rotatable bonds is 8. The summed E-state index contributed by atoms with van der Waals surface area (Å²) in [6.45, 7) is 4.28. The summed E-state index contributed by atoms with van der Waals surface area (Å²) < 4.78 is 0. The van der Waals surface area contributed by atoms with Crippen molar-refractivity contribution in [3.05, 3.63) is 35.9 Å². The molecule has 0 aromatic heterocycles. The molecule has 35 heavy (non-hydrogen) atoms. The minimum absolute atomic E-state index is 0. The summed E-state index contributed by atoms with van der Waals surface area (Å²) in [6, 6.07) is 9.95. The Bertz CT molecular complexity index is 706. The zero-order valence-corrected chi connectivity index (χ0v) is 23.8. The van der Waals surface area contributed by atoms with E-state index in [1.54, 1.807) is 4.90 Å². The van der Waals surface area contributed by atoms with Crippen molar-refractivity contribution in [2.45, 2.75) is 6.54 Å². The van der Waals surface area contributed by atoms with E-state index in [0.29, 0.717) is 58.9 Å². The van der Waals surface area contributed by atoms with Crippen LogP contribution < -0.4 is 37.2 Å². The van der Waals surface area contributed by atoms with Gasteiger partial charge < -0.3 is 52.5 Å². The third kappa shape index (κ3) is 17.7. The van der Waals surface area contributed by atoms with Gasteiger partial charge in [-0.25, -0.2) is 0 Å². The van der Waals surface area contributed by atoms with Gasteiger partial charge in [-0.05, 0) is 5.56 Å². The Hall–Kier alpha value is -0.335. The maximum Gasteiger partial charge on any atom is 0.317 e. The molecular weight excluding hydrogens is 668 g/mol. The fraction of sp³-hybridized carbons (Fsp3) is 0.571. The Morgan fingerprint density at radius 3 is 1.14 bits per heavy atom. The molecule has 0 saturated carbocycles. The van der Waals surface area contributed by atoms with Gasteiger partial charge in [-0.15, -0.1) is 0 Å². The van der Waals surface area contributed by atoms with Crippen molar-refractivity contribution in [2.75, 3.05) is 72.0 Å². The Kier molecular flexibility index (Phi) is 24.3. The van der Waals surface area contributed by atoms with E-state index in [0.717, 1.165) is 5.56 Å². The van der Waals surface area contributed by atoms with Crippen LogP contribution in [0, 0.1) is 39.9 Å². The van der Waals surface area contributed by atoms with E-state index in [2.05, 4.69) is 4.90 Å². The summed E-state index contributed by atoms with van der Waals surface area (Å²) in [4.78, 5) is 41.4. The predicted octanol–water partition coefficient (Wildman–Crippen LogP) is -9.33. The fourth-order valence-corrected chi connectivity index (χ4v) is 3.63. The smallest absolute Gasteiger partial charge is 0.317 e. The molecule has 1 aliphatic rings. The van der Waals surface area contributed by atoms with E-state index in [1.165, 1.54) is 0 Å². The second-order valence-corrected chi connectivity index (χ2v) is 7.77. The normalized spacial score (nSPS) is 16.6. The molecule has 1 heterocycles. The van der Waals surface area contributed by atoms with Gasteiger partial charge >= 0.3 is 17.9 Å². The maximum absolute atomic E-state index is 11.3. The van der Waals surface area contributed by atoms with E-state index in [4.69, 9.17) is 0 Å². The predicted molar refractivity (Wildman–Crippen MR) is 114 cm³/mol. The van der Waals surface area contributed by atoms with Gasteiger partial charge in [-0.1, -0.05) is 30.3 Å². The number of carbonyl (C=O) groups is 3. The molecule has 1 aromatic carbocycles. The van der Waals surface area contributed by atoms with E-state index < -0.39 is 17.9 Å². The third-order valence-corrected chi connectivity index (χ3v) is 5.26. The third-order valence-electron chi connectivity index (χ3n) is 5.26. The van der Waals surface area contributed by atoms with Gasteiger partial charge in [0.25, 0.3) is 0 Å². The van der Waals surface area contributed by atoms with Crippen LogP contribution in [-0.2, 0) is 20.9 Å². The molecule has 204 valence electrons. The molecule has 10 nitrogen and oxygen atoms in total. The van der Waals surface area contributed by atoms with Crippen LogP contribution in [0.15, 0.2) is 30.3 Å². The first-order valence-electron chi connectivity index (χ1n) is 10.4. The number of benzene rings is 1. The largest absolute Gasteiger partial charge is 1.00 e. The van der Waals surface area contributed by atoms with Crippen LogP contribution in [-0.4, -0.2) is 125 Å². The van der Waals surface area contributed by atoms with Crippen molar-refractivity contribution in [2.24, 2.45) is 0 Å². The van der Waals surface area contributed by atoms with Crippen LogP contribution in [0.1, 0.15) is 5.56 Å². The number of halogens is 3. The second kappa shape index (κ2) is 21.7. The molecule has 0 spiro atoms. The average Bonchev–Trinajstić information content (AvgIpc) is 2.69. The van der Waals surface area contributed by atoms with Gasteiger partial charge in [0.2, 0.25) is 0 Å². The topological polar surface area (TPSA) is 125 Å². The first kappa shape index (κ1) is 39.2. The molecule has 1 fully saturated rings. The number of aliphatic carboxylic acids is 3. The van der Waals surface area contributed by atoms with E-state index in [-0.39, 0.29) is 96.8 Å². The van der Waals surface area contributed by atoms with Crippen LogP contribution in [0.2, 0.25) is 0 Å². The minimum atomic E-state index is -0.962. The van der Waals surface area contributed by atoms with E-state index in [9.17, 15) is 29.7 Å². The van der Waals surface area contributed by atoms with Gasteiger partial charge in [0, 0.05) is 98.8 Å². The number of carboxylic acid groups (broad SMARTS) is 3. The number of nitrogens with zero attached hydrogens (tertiary/aromatic N) is 4. The van der Waals surface area contributed by atoms with Crippen molar-refractivity contribution in [3.8, 4) is 0 Å². The summed E-state index contributed by atoms with van der Waals surface area (Å²) in [5.41, 5.74) is 1.14. The van der Waals surface area contributed by atoms with Crippen molar-refractivity contribution in [1.29, 1.82) is 0 Å². The summed E-state index contributed by atoms with van der Waals surface area (Å²) in [5, 5.41) is 27.7. The van der Waals surface area contributed by atoms with Gasteiger partial charge in [0.1, 0.15) is 0 Å². The molecule has 1 aromatic rings. The molecule has 14 heteroatoms. The van der Waals surface area contributed by atoms with Crippen LogP contribution >= 0.6 is 0 Å². The second-order valence-electron chi connectivity index (χ2n) is 7.77. The van der Waals surface area contributed by atoms with Gasteiger partial charge in [-0.3, -0.25) is 34.0 Å². The van der Waals surface area contributed by atoms with Gasteiger partial charge in [-0.2, -0.15) is 0 Å². The summed E-state index contributed by atoms with van der Waals surface area (Å²) >= 11 is 0. The number of hydrogen-bond acceptors (Lipinski definition) is 7. The Morgan fingerprint density at radius 2 is 0.857 bits per heavy atom. The van der Waals surface area contributed by atoms with Gasteiger partial charge in [0.15, 0.2) is 0 Å². The zero-order valence-electron chi connectivity index (χ0n) is 19.2. The molecule has 0 bridgehead atoms. The van der Waals surface area contributed by atoms with E-state index in [1.807, 2.05) is 40.1 Å². The molecule has 0 radical (unpaired) electrons. The Balaban J connectivity index is -0.00000256. The average molecular weight is 700 g/mol. The zero-order chi connectivity index (χ0) is 22.6. The maximum atomic E-state index is 11.3. The molecule has 0 unspecified atom stereocenters. The SMILES string of the molecule is O=C(O)CN1CCN(CC(=O)O)CCN(Cc2ccccc2)CCN(CC(=O)O)CC1.[Cl-].[Cl-].[Cl-].[Gd]. The van der Waals surface area contributed by atoms with Crippen molar-refractivity contribution in [1.82, 2.24) is 19.6 Å². The molecule has 1 aliphatic heterocycles. The minimum Gasteiger partial charge on any atom is -1.00 e. The molecule has 2 rings (SSSR count). The van der Waals surface area contributed by atoms with Crippen molar-refractivity contribution in [3.63, 3.8) is 0 Å².